The van der Waals surface area contributed by atoms with Gasteiger partial charge in [-0.05, 0) is 74.2 Å². The van der Waals surface area contributed by atoms with Gasteiger partial charge in [0.1, 0.15) is 5.82 Å². The monoisotopic (exact) mass is 539 g/mol. The van der Waals surface area contributed by atoms with Crippen molar-refractivity contribution < 1.29 is 12.8 Å². The maximum absolute atomic E-state index is 13.6. The maximum atomic E-state index is 13.6. The molecule has 0 aliphatic carbocycles. The van der Waals surface area contributed by atoms with Gasteiger partial charge in [0.2, 0.25) is 5.03 Å². The molecule has 0 spiro atoms. The molecule has 1 saturated heterocycles. The quantitative estimate of drug-likeness (QED) is 0.347. The summed E-state index contributed by atoms with van der Waals surface area (Å²) in [6, 6.07) is 10.3. The van der Waals surface area contributed by atoms with Gasteiger partial charge >= 0.3 is 0 Å². The number of benzene rings is 2. The topological polar surface area (TPSA) is 89.2 Å². The van der Waals surface area contributed by atoms with E-state index < -0.39 is 10.0 Å². The molecule has 1 aliphatic heterocycles. The number of aromatic nitrogens is 5. The van der Waals surface area contributed by atoms with Gasteiger partial charge in [0.05, 0.1) is 29.6 Å². The van der Waals surface area contributed by atoms with E-state index in [1.54, 1.807) is 23.0 Å². The van der Waals surface area contributed by atoms with Crippen LogP contribution in [0, 0.1) is 18.7 Å². The van der Waals surface area contributed by atoms with Gasteiger partial charge in [-0.3, -0.25) is 4.90 Å². The predicted molar refractivity (Wildman–Crippen MR) is 144 cm³/mol. The highest BCUT2D eigenvalue weighted by Crippen LogP contribution is 2.34. The van der Waals surface area contributed by atoms with E-state index in [9.17, 15) is 12.8 Å². The predicted octanol–water partition coefficient (Wildman–Crippen LogP) is 4.35. The molecule has 5 rings (SSSR count). The van der Waals surface area contributed by atoms with Crippen LogP contribution in [0.3, 0.4) is 0 Å². The Morgan fingerprint density at radius 3 is 2.42 bits per heavy atom. The zero-order chi connectivity index (χ0) is 27.2. The van der Waals surface area contributed by atoms with Crippen LogP contribution in [-0.4, -0.2) is 68.6 Å². The fourth-order valence-corrected chi connectivity index (χ4v) is 6.39. The van der Waals surface area contributed by atoms with E-state index in [-0.39, 0.29) is 22.9 Å². The number of nitrogens with zero attached hydrogens (tertiary/aromatic N) is 7. The lowest BCUT2D eigenvalue weighted by molar-refractivity contribution is 0.105. The minimum absolute atomic E-state index is 0.0185. The van der Waals surface area contributed by atoms with Gasteiger partial charge in [0.15, 0.2) is 0 Å². The Kier molecular flexibility index (Phi) is 7.10. The Bertz CT molecular complexity index is 1540. The van der Waals surface area contributed by atoms with Gasteiger partial charge in [-0.15, -0.1) is 5.10 Å². The molecular weight excluding hydrogens is 505 g/mol. The lowest BCUT2D eigenvalue weighted by atomic mass is 9.96. The van der Waals surface area contributed by atoms with Crippen LogP contribution in [-0.2, 0) is 10.0 Å². The molecule has 202 valence electrons. The molecule has 0 saturated carbocycles. The first-order valence-electron chi connectivity index (χ1n) is 12.9. The van der Waals surface area contributed by atoms with Crippen LogP contribution in [0.2, 0.25) is 0 Å². The van der Waals surface area contributed by atoms with E-state index in [1.807, 2.05) is 20.8 Å². The highest BCUT2D eigenvalue weighted by molar-refractivity contribution is 7.89. The first-order chi connectivity index (χ1) is 18.0. The second kappa shape index (κ2) is 10.2. The molecule has 4 aromatic rings. The molecule has 0 radical (unpaired) electrons. The SMILES string of the molecule is Cc1cc2c(cnn2-c2ccc(F)cc2)cc1C1CN(S(=O)(=O)c2cnn(C(C)C)n2)CCN1CC(C)C. The Hall–Kier alpha value is -3.15. The average Bonchev–Trinajstić information content (AvgIpc) is 3.52. The summed E-state index contributed by atoms with van der Waals surface area (Å²) in [6.07, 6.45) is 3.14. The van der Waals surface area contributed by atoms with Gasteiger partial charge in [-0.2, -0.15) is 19.3 Å². The van der Waals surface area contributed by atoms with E-state index in [2.05, 4.69) is 46.2 Å². The van der Waals surface area contributed by atoms with Crippen LogP contribution in [0.15, 0.2) is 53.8 Å². The van der Waals surface area contributed by atoms with Crippen LogP contribution >= 0.6 is 0 Å². The van der Waals surface area contributed by atoms with Crippen LogP contribution in [0.5, 0.6) is 0 Å². The molecule has 1 fully saturated rings. The third-order valence-corrected chi connectivity index (χ3v) is 8.72. The zero-order valence-corrected chi connectivity index (χ0v) is 23.2. The Morgan fingerprint density at radius 1 is 1.03 bits per heavy atom. The van der Waals surface area contributed by atoms with Gasteiger partial charge in [-0.1, -0.05) is 13.8 Å². The minimum Gasteiger partial charge on any atom is -0.293 e. The minimum atomic E-state index is -3.79. The Balaban J connectivity index is 1.51. The van der Waals surface area contributed by atoms with Crippen molar-refractivity contribution in [2.24, 2.45) is 5.92 Å². The Labute approximate surface area is 222 Å². The summed E-state index contributed by atoms with van der Waals surface area (Å²) in [5.74, 6) is 0.134. The first-order valence-corrected chi connectivity index (χ1v) is 14.4. The number of hydrogen-bond donors (Lipinski definition) is 0. The molecule has 0 N–H and O–H groups in total. The van der Waals surface area contributed by atoms with Crippen molar-refractivity contribution in [3.8, 4) is 5.69 Å². The molecule has 2 aromatic heterocycles. The summed E-state index contributed by atoms with van der Waals surface area (Å²) in [6.45, 7) is 12.4. The van der Waals surface area contributed by atoms with Gasteiger partial charge in [0.25, 0.3) is 10.0 Å². The summed E-state index contributed by atoms with van der Waals surface area (Å²) in [5, 5.41) is 13.9. The second-order valence-corrected chi connectivity index (χ2v) is 12.5. The number of piperazine rings is 1. The fraction of sp³-hybridized carbons (Fsp3) is 0.444. The highest BCUT2D eigenvalue weighted by atomic mass is 32.2. The molecule has 0 amide bonds. The fourth-order valence-electron chi connectivity index (χ4n) is 5.10. The van der Waals surface area contributed by atoms with Gasteiger partial charge < -0.3 is 0 Å². The summed E-state index contributed by atoms with van der Waals surface area (Å²) in [5.41, 5.74) is 3.81. The normalized spacial score (nSPS) is 17.7. The summed E-state index contributed by atoms with van der Waals surface area (Å²) >= 11 is 0. The largest absolute Gasteiger partial charge is 0.293 e. The molecule has 0 bridgehead atoms. The van der Waals surface area contributed by atoms with E-state index in [0.717, 1.165) is 34.3 Å². The smallest absolute Gasteiger partial charge is 0.264 e. The number of hydrogen-bond acceptors (Lipinski definition) is 6. The zero-order valence-electron chi connectivity index (χ0n) is 22.4. The van der Waals surface area contributed by atoms with E-state index in [1.165, 1.54) is 27.4 Å². The average molecular weight is 540 g/mol. The highest BCUT2D eigenvalue weighted by Gasteiger charge is 2.37. The number of halogens is 1. The van der Waals surface area contributed by atoms with Gasteiger partial charge in [-0.25, -0.2) is 17.5 Å². The number of sulfonamides is 1. The van der Waals surface area contributed by atoms with Crippen molar-refractivity contribution in [1.29, 1.82) is 0 Å². The van der Waals surface area contributed by atoms with Crippen molar-refractivity contribution in [3.63, 3.8) is 0 Å². The summed E-state index contributed by atoms with van der Waals surface area (Å²) in [7, 11) is -3.79. The van der Waals surface area contributed by atoms with Crippen LogP contribution in [0.4, 0.5) is 4.39 Å². The molecule has 1 atom stereocenters. The van der Waals surface area contributed by atoms with E-state index >= 15 is 0 Å². The number of rotatable bonds is 7. The molecular formula is C27H34FN7O2S. The molecule has 1 unspecified atom stereocenters. The lowest BCUT2D eigenvalue weighted by Gasteiger charge is -2.42. The van der Waals surface area contributed by atoms with Gasteiger partial charge in [0, 0.05) is 37.6 Å². The lowest BCUT2D eigenvalue weighted by Crippen LogP contribution is -2.51. The van der Waals surface area contributed by atoms with Crippen molar-refractivity contribution in [3.05, 3.63) is 65.7 Å². The molecule has 3 heterocycles. The van der Waals surface area contributed by atoms with Crippen molar-refractivity contribution in [1.82, 2.24) is 34.0 Å². The standard InChI is InChI=1S/C27H34FN7O2S/c1-18(2)16-32-10-11-33(38(36,37)27-15-30-35(31-27)19(3)4)17-26(32)24-13-21-14-29-34(25(21)12-20(24)5)23-8-6-22(28)7-9-23/h6-9,12-15,18-19,26H,10-11,16-17H2,1-5H3. The molecule has 1 aliphatic rings. The van der Waals surface area contributed by atoms with Crippen LogP contribution in [0.25, 0.3) is 16.6 Å². The molecule has 38 heavy (non-hydrogen) atoms. The van der Waals surface area contributed by atoms with Crippen molar-refractivity contribution >= 4 is 20.9 Å². The summed E-state index contributed by atoms with van der Waals surface area (Å²) < 4.78 is 43.9. The molecule has 9 nitrogen and oxygen atoms in total. The second-order valence-electron chi connectivity index (χ2n) is 10.7. The van der Waals surface area contributed by atoms with E-state index in [4.69, 9.17) is 0 Å². The van der Waals surface area contributed by atoms with Crippen molar-refractivity contribution in [2.75, 3.05) is 26.2 Å². The Morgan fingerprint density at radius 2 is 1.76 bits per heavy atom. The number of aryl methyl sites for hydroxylation is 1. The molecule has 11 heteroatoms. The third-order valence-electron chi connectivity index (χ3n) is 6.99. The van der Waals surface area contributed by atoms with Crippen molar-refractivity contribution in [2.45, 2.75) is 51.7 Å². The third kappa shape index (κ3) is 4.97. The molecule has 2 aromatic carbocycles. The number of fused-ring (bicyclic) bond motifs is 1. The summed E-state index contributed by atoms with van der Waals surface area (Å²) in [4.78, 5) is 3.80. The van der Waals surface area contributed by atoms with Crippen LogP contribution < -0.4 is 0 Å². The van der Waals surface area contributed by atoms with Crippen LogP contribution in [0.1, 0.15) is 50.9 Å². The maximum Gasteiger partial charge on any atom is 0.264 e. The first kappa shape index (κ1) is 26.5. The van der Waals surface area contributed by atoms with E-state index in [0.29, 0.717) is 25.6 Å².